The van der Waals surface area contributed by atoms with Gasteiger partial charge in [-0.05, 0) is 50.9 Å². The first-order valence-corrected chi connectivity index (χ1v) is 10.1. The molecular formula is C21H36IN5O. The molecule has 1 aliphatic heterocycles. The van der Waals surface area contributed by atoms with E-state index in [-0.39, 0.29) is 29.9 Å². The van der Waals surface area contributed by atoms with Gasteiger partial charge in [0.25, 0.3) is 5.91 Å². The normalized spacial score (nSPS) is 17.6. The van der Waals surface area contributed by atoms with Crippen molar-refractivity contribution in [3.63, 3.8) is 0 Å². The fourth-order valence-corrected chi connectivity index (χ4v) is 3.33. The summed E-state index contributed by atoms with van der Waals surface area (Å²) < 4.78 is 0. The summed E-state index contributed by atoms with van der Waals surface area (Å²) in [4.78, 5) is 20.8. The van der Waals surface area contributed by atoms with Crippen molar-refractivity contribution in [3.8, 4) is 0 Å². The molecule has 0 saturated carbocycles. The van der Waals surface area contributed by atoms with Gasteiger partial charge in [0.05, 0.1) is 6.54 Å². The minimum absolute atomic E-state index is 0. The van der Waals surface area contributed by atoms with Crippen molar-refractivity contribution in [2.75, 3.05) is 40.3 Å². The summed E-state index contributed by atoms with van der Waals surface area (Å²) in [6, 6.07) is 8.36. The quantitative estimate of drug-likeness (QED) is 0.343. The molecule has 0 bridgehead atoms. The number of guanidine groups is 1. The zero-order chi connectivity index (χ0) is 19.6. The van der Waals surface area contributed by atoms with E-state index in [2.05, 4.69) is 34.4 Å². The molecule has 2 rings (SSSR count). The molecule has 1 aromatic rings. The molecule has 158 valence electrons. The van der Waals surface area contributed by atoms with Crippen LogP contribution in [0, 0.1) is 0 Å². The Bertz CT molecular complexity index is 618. The average Bonchev–Trinajstić information content (AvgIpc) is 2.67. The van der Waals surface area contributed by atoms with E-state index >= 15 is 0 Å². The van der Waals surface area contributed by atoms with Gasteiger partial charge >= 0.3 is 0 Å². The third kappa shape index (κ3) is 7.95. The van der Waals surface area contributed by atoms with Gasteiger partial charge in [0.2, 0.25) is 0 Å². The topological polar surface area (TPSA) is 60.0 Å². The van der Waals surface area contributed by atoms with E-state index in [0.717, 1.165) is 31.2 Å². The van der Waals surface area contributed by atoms with Crippen molar-refractivity contribution in [2.24, 2.45) is 4.99 Å². The second-order valence-corrected chi connectivity index (χ2v) is 7.40. The van der Waals surface area contributed by atoms with E-state index in [4.69, 9.17) is 0 Å². The number of carbonyl (C=O) groups is 1. The van der Waals surface area contributed by atoms with Crippen LogP contribution in [-0.4, -0.2) is 68.0 Å². The van der Waals surface area contributed by atoms with Crippen molar-refractivity contribution >= 4 is 35.8 Å². The third-order valence-electron chi connectivity index (χ3n) is 5.00. The molecule has 0 aromatic heterocycles. The maximum atomic E-state index is 12.0. The van der Waals surface area contributed by atoms with Crippen molar-refractivity contribution in [1.29, 1.82) is 0 Å². The Balaban J connectivity index is 0.00000392. The largest absolute Gasteiger partial charge is 0.357 e. The van der Waals surface area contributed by atoms with Gasteiger partial charge in [-0.15, -0.1) is 24.0 Å². The molecule has 0 aliphatic carbocycles. The third-order valence-corrected chi connectivity index (χ3v) is 5.00. The second kappa shape index (κ2) is 13.0. The smallest absolute Gasteiger partial charge is 0.253 e. The number of piperidine rings is 1. The van der Waals surface area contributed by atoms with E-state index in [1.54, 1.807) is 19.0 Å². The summed E-state index contributed by atoms with van der Waals surface area (Å²) in [7, 11) is 3.53. The Morgan fingerprint density at radius 3 is 2.54 bits per heavy atom. The van der Waals surface area contributed by atoms with Crippen LogP contribution in [0.4, 0.5) is 0 Å². The molecule has 7 heteroatoms. The maximum absolute atomic E-state index is 12.0. The Hall–Kier alpha value is -1.35. The number of carbonyl (C=O) groups excluding carboxylic acids is 1. The molecule has 6 nitrogen and oxygen atoms in total. The highest BCUT2D eigenvalue weighted by atomic mass is 127. The van der Waals surface area contributed by atoms with Crippen molar-refractivity contribution in [2.45, 2.75) is 45.7 Å². The van der Waals surface area contributed by atoms with E-state index in [1.165, 1.54) is 25.8 Å². The summed E-state index contributed by atoms with van der Waals surface area (Å²) in [5, 5.41) is 6.75. The van der Waals surface area contributed by atoms with Gasteiger partial charge in [-0.2, -0.15) is 0 Å². The molecule has 1 saturated heterocycles. The molecule has 1 aliphatic rings. The number of amides is 1. The van der Waals surface area contributed by atoms with Crippen LogP contribution in [0.15, 0.2) is 29.3 Å². The number of hydrogen-bond donors (Lipinski definition) is 2. The molecular weight excluding hydrogens is 465 g/mol. The van der Waals surface area contributed by atoms with Crippen molar-refractivity contribution in [3.05, 3.63) is 35.4 Å². The molecule has 1 unspecified atom stereocenters. The molecule has 2 N–H and O–H groups in total. The first kappa shape index (κ1) is 24.7. The highest BCUT2D eigenvalue weighted by Crippen LogP contribution is 2.15. The molecule has 1 fully saturated rings. The van der Waals surface area contributed by atoms with Gasteiger partial charge in [-0.3, -0.25) is 9.69 Å². The summed E-state index contributed by atoms with van der Waals surface area (Å²) in [6.45, 7) is 8.97. The first-order valence-electron chi connectivity index (χ1n) is 10.1. The zero-order valence-electron chi connectivity index (χ0n) is 17.7. The molecule has 0 spiro atoms. The lowest BCUT2D eigenvalue weighted by Crippen LogP contribution is -2.45. The predicted molar refractivity (Wildman–Crippen MR) is 128 cm³/mol. The van der Waals surface area contributed by atoms with Crippen LogP contribution >= 0.6 is 24.0 Å². The van der Waals surface area contributed by atoms with Gasteiger partial charge in [-0.25, -0.2) is 4.99 Å². The second-order valence-electron chi connectivity index (χ2n) is 7.40. The Kier molecular flexibility index (Phi) is 11.4. The molecule has 0 radical (unpaired) electrons. The van der Waals surface area contributed by atoms with Crippen LogP contribution < -0.4 is 10.6 Å². The van der Waals surface area contributed by atoms with Gasteiger partial charge in [0.1, 0.15) is 0 Å². The van der Waals surface area contributed by atoms with E-state index in [9.17, 15) is 4.79 Å². The zero-order valence-corrected chi connectivity index (χ0v) is 20.0. The summed E-state index contributed by atoms with van der Waals surface area (Å²) in [5.74, 6) is 0.864. The van der Waals surface area contributed by atoms with Crippen molar-refractivity contribution in [1.82, 2.24) is 20.4 Å². The molecule has 1 atom stereocenters. The summed E-state index contributed by atoms with van der Waals surface area (Å²) in [5.41, 5.74) is 1.79. The maximum Gasteiger partial charge on any atom is 0.253 e. The summed E-state index contributed by atoms with van der Waals surface area (Å²) >= 11 is 0. The standard InChI is InChI=1S/C21H35N5O.HI/c1-5-22-21(23-13-15-26-14-7-6-8-17(26)2)24-16-18-9-11-19(12-10-18)20(27)25(3)4;/h9-12,17H,5-8,13-16H2,1-4H3,(H2,22,23,24);1H. The molecule has 1 amide bonds. The van der Waals surface area contributed by atoms with Crippen LogP contribution in [0.5, 0.6) is 0 Å². The highest BCUT2D eigenvalue weighted by Gasteiger charge is 2.17. The SMILES string of the molecule is CCNC(=NCc1ccc(C(=O)N(C)C)cc1)NCCN1CCCCC1C.I. The van der Waals surface area contributed by atoms with E-state index in [0.29, 0.717) is 18.2 Å². The van der Waals surface area contributed by atoms with Crippen LogP contribution in [0.2, 0.25) is 0 Å². The fraction of sp³-hybridized carbons (Fsp3) is 0.619. The Morgan fingerprint density at radius 1 is 1.21 bits per heavy atom. The predicted octanol–water partition coefficient (Wildman–Crippen LogP) is 2.94. The number of nitrogens with zero attached hydrogens (tertiary/aromatic N) is 3. The van der Waals surface area contributed by atoms with E-state index in [1.807, 2.05) is 24.3 Å². The first-order chi connectivity index (χ1) is 13.0. The molecule has 1 aromatic carbocycles. The van der Waals surface area contributed by atoms with Gasteiger partial charge in [-0.1, -0.05) is 18.6 Å². The lowest BCUT2D eigenvalue weighted by Gasteiger charge is -2.33. The highest BCUT2D eigenvalue weighted by molar-refractivity contribution is 14.0. The lowest BCUT2D eigenvalue weighted by molar-refractivity contribution is 0.0827. The Morgan fingerprint density at radius 2 is 1.93 bits per heavy atom. The fourth-order valence-electron chi connectivity index (χ4n) is 3.33. The van der Waals surface area contributed by atoms with Gasteiger partial charge in [0.15, 0.2) is 5.96 Å². The lowest BCUT2D eigenvalue weighted by atomic mass is 10.0. The van der Waals surface area contributed by atoms with Crippen LogP contribution in [-0.2, 0) is 6.54 Å². The number of likely N-dealkylation sites (tertiary alicyclic amines) is 1. The summed E-state index contributed by atoms with van der Waals surface area (Å²) in [6.07, 6.45) is 3.97. The van der Waals surface area contributed by atoms with Crippen molar-refractivity contribution < 1.29 is 4.79 Å². The van der Waals surface area contributed by atoms with Gasteiger partial charge in [0, 0.05) is 45.3 Å². The number of benzene rings is 1. The molecule has 28 heavy (non-hydrogen) atoms. The van der Waals surface area contributed by atoms with Crippen LogP contribution in [0.3, 0.4) is 0 Å². The monoisotopic (exact) mass is 501 g/mol. The molecule has 1 heterocycles. The van der Waals surface area contributed by atoms with E-state index < -0.39 is 0 Å². The minimum Gasteiger partial charge on any atom is -0.357 e. The average molecular weight is 501 g/mol. The number of aliphatic imine (C=N–C) groups is 1. The number of halogens is 1. The van der Waals surface area contributed by atoms with Crippen LogP contribution in [0.25, 0.3) is 0 Å². The van der Waals surface area contributed by atoms with Crippen LogP contribution in [0.1, 0.15) is 49.0 Å². The number of nitrogens with one attached hydrogen (secondary N) is 2. The number of rotatable bonds is 7. The minimum atomic E-state index is 0. The van der Waals surface area contributed by atoms with Gasteiger partial charge < -0.3 is 15.5 Å². The Labute approximate surface area is 187 Å². The number of hydrogen-bond acceptors (Lipinski definition) is 3.